The summed E-state index contributed by atoms with van der Waals surface area (Å²) in [4.78, 5) is 28.2. The van der Waals surface area contributed by atoms with Gasteiger partial charge >= 0.3 is 0 Å². The van der Waals surface area contributed by atoms with Crippen molar-refractivity contribution in [2.75, 3.05) is 19.8 Å². The molecular formula is C14H17N3O4. The maximum absolute atomic E-state index is 12.2. The van der Waals surface area contributed by atoms with Crippen LogP contribution in [-0.4, -0.2) is 46.3 Å². The van der Waals surface area contributed by atoms with E-state index in [9.17, 15) is 14.7 Å². The van der Waals surface area contributed by atoms with Gasteiger partial charge in [0.2, 0.25) is 0 Å². The Bertz CT molecular complexity index is 683. The van der Waals surface area contributed by atoms with Crippen molar-refractivity contribution in [2.24, 2.45) is 0 Å². The van der Waals surface area contributed by atoms with Crippen LogP contribution in [0, 0.1) is 0 Å². The van der Waals surface area contributed by atoms with E-state index in [0.717, 1.165) is 0 Å². The highest BCUT2D eigenvalue weighted by atomic mass is 16.5. The Hall–Kier alpha value is -2.25. The number of aliphatic hydroxyl groups excluding tert-OH is 1. The molecule has 112 valence electrons. The number of carbonyl (C=O) groups is 1. The minimum atomic E-state index is -0.815. The molecule has 0 bridgehead atoms. The Balaban J connectivity index is 2.09. The molecular weight excluding hydrogens is 274 g/mol. The molecule has 0 aliphatic heterocycles. The van der Waals surface area contributed by atoms with E-state index in [0.29, 0.717) is 12.3 Å². The zero-order chi connectivity index (χ0) is 15.2. The van der Waals surface area contributed by atoms with Crippen LogP contribution in [0.5, 0.6) is 0 Å². The van der Waals surface area contributed by atoms with Gasteiger partial charge in [-0.05, 0) is 19.1 Å². The number of nitrogens with zero attached hydrogens (tertiary/aromatic N) is 2. The molecule has 0 aliphatic carbocycles. The van der Waals surface area contributed by atoms with Crippen LogP contribution in [0.4, 0.5) is 0 Å². The monoisotopic (exact) mass is 291 g/mol. The van der Waals surface area contributed by atoms with Crippen LogP contribution < -0.4 is 10.9 Å². The normalized spacial score (nSPS) is 12.3. The molecule has 0 fully saturated rings. The lowest BCUT2D eigenvalue weighted by Gasteiger charge is -2.11. The molecule has 1 amide bonds. The smallest absolute Gasteiger partial charge is 0.270 e. The number of aromatic nitrogens is 2. The average molecular weight is 291 g/mol. The highest BCUT2D eigenvalue weighted by molar-refractivity contribution is 5.93. The Labute approximate surface area is 121 Å². The van der Waals surface area contributed by atoms with Gasteiger partial charge in [-0.15, -0.1) is 0 Å². The molecule has 2 heterocycles. The molecule has 0 radical (unpaired) electrons. The molecule has 7 heteroatoms. The quantitative estimate of drug-likeness (QED) is 0.770. The minimum absolute atomic E-state index is 0.00969. The lowest BCUT2D eigenvalue weighted by molar-refractivity contribution is 0.0418. The van der Waals surface area contributed by atoms with Crippen LogP contribution in [0.3, 0.4) is 0 Å². The van der Waals surface area contributed by atoms with E-state index in [-0.39, 0.29) is 18.7 Å². The Morgan fingerprint density at radius 1 is 1.52 bits per heavy atom. The van der Waals surface area contributed by atoms with E-state index in [1.54, 1.807) is 24.4 Å². The Morgan fingerprint density at radius 2 is 2.33 bits per heavy atom. The van der Waals surface area contributed by atoms with Crippen LogP contribution in [0.1, 0.15) is 17.3 Å². The van der Waals surface area contributed by atoms with Gasteiger partial charge in [-0.25, -0.2) is 4.98 Å². The number of amides is 1. The fourth-order valence-electron chi connectivity index (χ4n) is 1.80. The van der Waals surface area contributed by atoms with E-state index < -0.39 is 17.6 Å². The summed E-state index contributed by atoms with van der Waals surface area (Å²) in [5.41, 5.74) is -0.0462. The maximum Gasteiger partial charge on any atom is 0.270 e. The van der Waals surface area contributed by atoms with Crippen molar-refractivity contribution in [1.82, 2.24) is 14.7 Å². The lowest BCUT2D eigenvalue weighted by atomic mass is 10.3. The zero-order valence-electron chi connectivity index (χ0n) is 11.7. The maximum atomic E-state index is 12.2. The van der Waals surface area contributed by atoms with Crippen LogP contribution in [0.2, 0.25) is 0 Å². The highest BCUT2D eigenvalue weighted by Crippen LogP contribution is 1.97. The molecule has 2 aromatic rings. The molecule has 0 aromatic carbocycles. The average Bonchev–Trinajstić information content (AvgIpc) is 2.51. The number of aliphatic hydroxyl groups is 1. The molecule has 2 aromatic heterocycles. The summed E-state index contributed by atoms with van der Waals surface area (Å²) >= 11 is 0. The Kier molecular flexibility index (Phi) is 5.02. The first-order valence-electron chi connectivity index (χ1n) is 6.64. The summed E-state index contributed by atoms with van der Waals surface area (Å²) in [6.45, 7) is 2.44. The molecule has 2 N–H and O–H groups in total. The number of hydrogen-bond donors (Lipinski definition) is 2. The van der Waals surface area contributed by atoms with Crippen LogP contribution in [0.15, 0.2) is 35.4 Å². The van der Waals surface area contributed by atoms with Crippen molar-refractivity contribution in [3.8, 4) is 0 Å². The van der Waals surface area contributed by atoms with E-state index in [4.69, 9.17) is 4.74 Å². The number of hydrogen-bond acceptors (Lipinski definition) is 5. The van der Waals surface area contributed by atoms with Crippen molar-refractivity contribution in [3.63, 3.8) is 0 Å². The third kappa shape index (κ3) is 3.65. The summed E-state index contributed by atoms with van der Waals surface area (Å²) in [7, 11) is 0. The van der Waals surface area contributed by atoms with Gasteiger partial charge in [0.05, 0.1) is 12.7 Å². The second-order valence-corrected chi connectivity index (χ2v) is 4.43. The second kappa shape index (κ2) is 6.96. The molecule has 0 saturated carbocycles. The minimum Gasteiger partial charge on any atom is -0.389 e. The summed E-state index contributed by atoms with van der Waals surface area (Å²) in [6, 6.07) is 5.12. The predicted molar refractivity (Wildman–Crippen MR) is 76.3 cm³/mol. The van der Waals surface area contributed by atoms with Gasteiger partial charge in [0.1, 0.15) is 11.2 Å². The van der Waals surface area contributed by atoms with Gasteiger partial charge in [-0.3, -0.25) is 14.0 Å². The molecule has 2 rings (SSSR count). The van der Waals surface area contributed by atoms with E-state index in [1.807, 2.05) is 6.92 Å². The van der Waals surface area contributed by atoms with Crippen molar-refractivity contribution >= 4 is 11.6 Å². The largest absolute Gasteiger partial charge is 0.389 e. The van der Waals surface area contributed by atoms with E-state index in [2.05, 4.69) is 10.3 Å². The van der Waals surface area contributed by atoms with Crippen LogP contribution in [-0.2, 0) is 4.74 Å². The third-order valence-corrected chi connectivity index (χ3v) is 2.87. The van der Waals surface area contributed by atoms with E-state index >= 15 is 0 Å². The molecule has 7 nitrogen and oxygen atoms in total. The molecule has 21 heavy (non-hydrogen) atoms. The zero-order valence-corrected chi connectivity index (χ0v) is 11.7. The Morgan fingerprint density at radius 3 is 3.10 bits per heavy atom. The lowest BCUT2D eigenvalue weighted by Crippen LogP contribution is -2.37. The molecule has 0 aliphatic rings. The summed E-state index contributed by atoms with van der Waals surface area (Å²) in [5.74, 6) is -0.568. The van der Waals surface area contributed by atoms with Gasteiger partial charge < -0.3 is 15.2 Å². The standard InChI is InChI=1S/C14H17N3O4/c1-2-21-9-10(18)7-16-13(19)11-8-15-12-5-3-4-6-17(12)14(11)20/h3-6,8,10,18H,2,7,9H2,1H3,(H,16,19). The van der Waals surface area contributed by atoms with Gasteiger partial charge in [0.15, 0.2) is 0 Å². The number of fused-ring (bicyclic) bond motifs is 1. The number of pyridine rings is 1. The first-order valence-corrected chi connectivity index (χ1v) is 6.64. The topological polar surface area (TPSA) is 92.9 Å². The van der Waals surface area contributed by atoms with Gasteiger partial charge in [0, 0.05) is 25.5 Å². The number of rotatable bonds is 6. The first kappa shape index (κ1) is 15.1. The highest BCUT2D eigenvalue weighted by Gasteiger charge is 2.14. The number of carbonyl (C=O) groups excluding carboxylic acids is 1. The van der Waals surface area contributed by atoms with Crippen molar-refractivity contribution in [3.05, 3.63) is 46.5 Å². The van der Waals surface area contributed by atoms with Crippen molar-refractivity contribution in [1.29, 1.82) is 0 Å². The van der Waals surface area contributed by atoms with Crippen LogP contribution in [0.25, 0.3) is 5.65 Å². The molecule has 1 unspecified atom stereocenters. The summed E-state index contributed by atoms with van der Waals surface area (Å²) in [6.07, 6.45) is 1.97. The fourth-order valence-corrected chi connectivity index (χ4v) is 1.80. The number of ether oxygens (including phenoxy) is 1. The third-order valence-electron chi connectivity index (χ3n) is 2.87. The second-order valence-electron chi connectivity index (χ2n) is 4.43. The summed E-state index contributed by atoms with van der Waals surface area (Å²) < 4.78 is 6.33. The van der Waals surface area contributed by atoms with Crippen molar-refractivity contribution < 1.29 is 14.6 Å². The van der Waals surface area contributed by atoms with Gasteiger partial charge in [-0.2, -0.15) is 0 Å². The first-order chi connectivity index (χ1) is 10.1. The van der Waals surface area contributed by atoms with Gasteiger partial charge in [-0.1, -0.05) is 6.07 Å². The summed E-state index contributed by atoms with van der Waals surface area (Å²) in [5, 5.41) is 12.1. The number of nitrogens with one attached hydrogen (secondary N) is 1. The van der Waals surface area contributed by atoms with Crippen molar-refractivity contribution in [2.45, 2.75) is 13.0 Å². The SMILES string of the molecule is CCOCC(O)CNC(=O)c1cnc2ccccn2c1=O. The molecule has 0 spiro atoms. The van der Waals surface area contributed by atoms with Crippen LogP contribution >= 0.6 is 0 Å². The molecule has 1 atom stereocenters. The molecule has 0 saturated heterocycles. The van der Waals surface area contributed by atoms with Gasteiger partial charge in [0.25, 0.3) is 11.5 Å². The fraction of sp³-hybridized carbons (Fsp3) is 0.357. The van der Waals surface area contributed by atoms with E-state index in [1.165, 1.54) is 10.6 Å². The predicted octanol–water partition coefficient (Wildman–Crippen LogP) is -0.178.